The normalized spacial score (nSPS) is 11.1. The molecule has 0 fully saturated rings. The summed E-state index contributed by atoms with van der Waals surface area (Å²) in [5.74, 6) is -9.87. The zero-order valence-corrected chi connectivity index (χ0v) is 8.16. The highest BCUT2D eigenvalue weighted by Gasteiger charge is 2.25. The first-order valence-electron chi connectivity index (χ1n) is 4.23. The highest BCUT2D eigenvalue weighted by Crippen LogP contribution is 2.23. The molecular formula is C10H7F5O. The molecule has 0 aliphatic carbocycles. The van der Waals surface area contributed by atoms with Crippen molar-refractivity contribution in [3.8, 4) is 0 Å². The lowest BCUT2D eigenvalue weighted by atomic mass is 10.2. The maximum Gasteiger partial charge on any atom is 0.200 e. The molecule has 0 N–H and O–H groups in total. The molecule has 1 aromatic rings. The molecule has 0 atom stereocenters. The summed E-state index contributed by atoms with van der Waals surface area (Å²) in [6.45, 7) is 0.842. The number of hydrogen-bond donors (Lipinski definition) is 0. The summed E-state index contributed by atoms with van der Waals surface area (Å²) < 4.78 is 68.5. The Bertz CT molecular complexity index is 399. The Labute approximate surface area is 88.1 Å². The van der Waals surface area contributed by atoms with E-state index in [4.69, 9.17) is 0 Å². The molecule has 88 valence electrons. The van der Waals surface area contributed by atoms with Gasteiger partial charge >= 0.3 is 0 Å². The molecular weight excluding hydrogens is 231 g/mol. The van der Waals surface area contributed by atoms with Crippen molar-refractivity contribution in [2.75, 3.05) is 0 Å². The predicted molar refractivity (Wildman–Crippen MR) is 45.8 cm³/mol. The molecule has 1 rings (SSSR count). The van der Waals surface area contributed by atoms with E-state index < -0.39 is 41.3 Å². The average Bonchev–Trinajstić information content (AvgIpc) is 2.28. The van der Waals surface area contributed by atoms with Crippen molar-refractivity contribution in [2.24, 2.45) is 0 Å². The van der Waals surface area contributed by atoms with Crippen LogP contribution in [0.15, 0.2) is 12.3 Å². The Morgan fingerprint density at radius 2 is 1.31 bits per heavy atom. The van der Waals surface area contributed by atoms with Crippen molar-refractivity contribution in [2.45, 2.75) is 13.5 Å². The second kappa shape index (κ2) is 4.96. The van der Waals surface area contributed by atoms with Crippen molar-refractivity contribution in [3.63, 3.8) is 0 Å². The first kappa shape index (κ1) is 12.5. The second-order valence-corrected chi connectivity index (χ2v) is 2.83. The van der Waals surface area contributed by atoms with Gasteiger partial charge in [0.05, 0.1) is 11.8 Å². The molecule has 1 aromatic carbocycles. The fourth-order valence-electron chi connectivity index (χ4n) is 1.00. The predicted octanol–water partition coefficient (Wildman–Crippen LogP) is 3.43. The van der Waals surface area contributed by atoms with Gasteiger partial charge in [-0.05, 0) is 6.92 Å². The van der Waals surface area contributed by atoms with Gasteiger partial charge in [0.15, 0.2) is 23.3 Å². The lowest BCUT2D eigenvalue weighted by molar-refractivity contribution is 0.220. The van der Waals surface area contributed by atoms with Gasteiger partial charge in [0.1, 0.15) is 6.61 Å². The fourth-order valence-corrected chi connectivity index (χ4v) is 1.00. The summed E-state index contributed by atoms with van der Waals surface area (Å²) in [6.07, 6.45) is 2.49. The van der Waals surface area contributed by atoms with Crippen LogP contribution in [0.4, 0.5) is 22.0 Å². The number of rotatable bonds is 3. The molecule has 6 heteroatoms. The maximum atomic E-state index is 13.0. The van der Waals surface area contributed by atoms with Crippen LogP contribution in [0.3, 0.4) is 0 Å². The Morgan fingerprint density at radius 1 is 0.875 bits per heavy atom. The summed E-state index contributed by atoms with van der Waals surface area (Å²) in [4.78, 5) is 0. The summed E-state index contributed by atoms with van der Waals surface area (Å²) in [5.41, 5.74) is -0.991. The minimum Gasteiger partial charge on any atom is -0.497 e. The van der Waals surface area contributed by atoms with Crippen LogP contribution in [0.1, 0.15) is 12.5 Å². The van der Waals surface area contributed by atoms with Gasteiger partial charge in [-0.2, -0.15) is 0 Å². The Balaban J connectivity index is 3.18. The van der Waals surface area contributed by atoms with E-state index >= 15 is 0 Å². The average molecular weight is 238 g/mol. The van der Waals surface area contributed by atoms with Crippen LogP contribution in [0.5, 0.6) is 0 Å². The fraction of sp³-hybridized carbons (Fsp3) is 0.200. The quantitative estimate of drug-likeness (QED) is 0.339. The Morgan fingerprint density at radius 3 is 1.75 bits per heavy atom. The van der Waals surface area contributed by atoms with Gasteiger partial charge < -0.3 is 4.74 Å². The van der Waals surface area contributed by atoms with Crippen LogP contribution in [-0.4, -0.2) is 0 Å². The largest absolute Gasteiger partial charge is 0.497 e. The van der Waals surface area contributed by atoms with Crippen LogP contribution in [0.2, 0.25) is 0 Å². The molecule has 0 unspecified atom stereocenters. The monoisotopic (exact) mass is 238 g/mol. The van der Waals surface area contributed by atoms with Gasteiger partial charge in [-0.3, -0.25) is 0 Å². The molecule has 0 bridgehead atoms. The maximum absolute atomic E-state index is 13.0. The molecule has 0 aliphatic heterocycles. The van der Waals surface area contributed by atoms with E-state index in [2.05, 4.69) is 4.74 Å². The van der Waals surface area contributed by atoms with E-state index in [1.807, 2.05) is 0 Å². The van der Waals surface area contributed by atoms with Crippen LogP contribution < -0.4 is 0 Å². The molecule has 0 saturated heterocycles. The minimum atomic E-state index is -2.18. The molecule has 1 nitrogen and oxygen atoms in total. The summed E-state index contributed by atoms with van der Waals surface area (Å²) >= 11 is 0. The van der Waals surface area contributed by atoms with Crippen LogP contribution in [0.25, 0.3) is 0 Å². The van der Waals surface area contributed by atoms with E-state index in [1.165, 1.54) is 6.08 Å². The summed E-state index contributed by atoms with van der Waals surface area (Å²) in [5, 5.41) is 0. The van der Waals surface area contributed by atoms with Gasteiger partial charge in [-0.25, -0.2) is 22.0 Å². The lowest BCUT2D eigenvalue weighted by Crippen LogP contribution is -2.07. The topological polar surface area (TPSA) is 9.23 Å². The number of ether oxygens (including phenoxy) is 1. The number of halogens is 5. The molecule has 0 amide bonds. The Kier molecular flexibility index (Phi) is 3.87. The third-order valence-electron chi connectivity index (χ3n) is 1.76. The molecule has 0 aliphatic rings. The molecule has 0 heterocycles. The van der Waals surface area contributed by atoms with Crippen LogP contribution in [0, 0.1) is 29.1 Å². The number of hydrogen-bond acceptors (Lipinski definition) is 1. The third kappa shape index (κ3) is 2.15. The molecule has 0 radical (unpaired) electrons. The first-order chi connectivity index (χ1) is 7.50. The van der Waals surface area contributed by atoms with Gasteiger partial charge in [0, 0.05) is 0 Å². The smallest absolute Gasteiger partial charge is 0.200 e. The van der Waals surface area contributed by atoms with Crippen molar-refractivity contribution in [1.82, 2.24) is 0 Å². The van der Waals surface area contributed by atoms with E-state index in [0.29, 0.717) is 0 Å². The lowest BCUT2D eigenvalue weighted by Gasteiger charge is -2.07. The number of allylic oxidation sites excluding steroid dienone is 1. The van der Waals surface area contributed by atoms with E-state index in [-0.39, 0.29) is 0 Å². The molecule has 0 aromatic heterocycles. The van der Waals surface area contributed by atoms with Gasteiger partial charge in [-0.1, -0.05) is 6.08 Å². The van der Waals surface area contributed by atoms with Gasteiger partial charge in [-0.15, -0.1) is 0 Å². The van der Waals surface area contributed by atoms with Crippen molar-refractivity contribution in [3.05, 3.63) is 47.0 Å². The highest BCUT2D eigenvalue weighted by atomic mass is 19.2. The zero-order chi connectivity index (χ0) is 12.3. The van der Waals surface area contributed by atoms with E-state index in [9.17, 15) is 22.0 Å². The number of benzene rings is 1. The van der Waals surface area contributed by atoms with Crippen molar-refractivity contribution >= 4 is 0 Å². The first-order valence-corrected chi connectivity index (χ1v) is 4.23. The minimum absolute atomic E-state index is 0.726. The van der Waals surface area contributed by atoms with Crippen molar-refractivity contribution < 1.29 is 26.7 Å². The van der Waals surface area contributed by atoms with E-state index in [0.717, 1.165) is 6.26 Å². The molecule has 16 heavy (non-hydrogen) atoms. The van der Waals surface area contributed by atoms with Crippen LogP contribution in [-0.2, 0) is 11.3 Å². The molecule has 0 spiro atoms. The molecule has 0 saturated carbocycles. The second-order valence-electron chi connectivity index (χ2n) is 2.83. The summed E-state index contributed by atoms with van der Waals surface area (Å²) in [6, 6.07) is 0. The van der Waals surface area contributed by atoms with Gasteiger partial charge in [0.2, 0.25) is 5.82 Å². The SMILES string of the molecule is CC=COCc1c(F)c(F)c(F)c(F)c1F. The van der Waals surface area contributed by atoms with Crippen LogP contribution >= 0.6 is 0 Å². The third-order valence-corrected chi connectivity index (χ3v) is 1.76. The van der Waals surface area contributed by atoms with E-state index in [1.54, 1.807) is 6.92 Å². The highest BCUT2D eigenvalue weighted by molar-refractivity contribution is 5.23. The van der Waals surface area contributed by atoms with Gasteiger partial charge in [0.25, 0.3) is 0 Å². The standard InChI is InChI=1S/C10H7F5O/c1-2-3-16-4-5-6(11)8(13)10(15)9(14)7(5)12/h2-3H,4H2,1H3. The summed E-state index contributed by atoms with van der Waals surface area (Å²) in [7, 11) is 0. The zero-order valence-electron chi connectivity index (χ0n) is 8.16. The van der Waals surface area contributed by atoms with Crippen molar-refractivity contribution in [1.29, 1.82) is 0 Å². The Hall–Kier alpha value is -1.59.